The van der Waals surface area contributed by atoms with Gasteiger partial charge in [0.25, 0.3) is 0 Å². The predicted molar refractivity (Wildman–Crippen MR) is 137 cm³/mol. The molecule has 3 fully saturated rings. The van der Waals surface area contributed by atoms with Crippen LogP contribution in [0.25, 0.3) is 0 Å². The molecule has 3 aliphatic rings. The summed E-state index contributed by atoms with van der Waals surface area (Å²) >= 11 is 0. The third-order valence-corrected chi connectivity index (χ3v) is 7.51. The first-order valence-corrected chi connectivity index (χ1v) is 13.0. The molecule has 9 nitrogen and oxygen atoms in total. The Labute approximate surface area is 213 Å². The van der Waals surface area contributed by atoms with Crippen LogP contribution >= 0.6 is 0 Å². The van der Waals surface area contributed by atoms with Gasteiger partial charge in [0.1, 0.15) is 24.9 Å². The summed E-state index contributed by atoms with van der Waals surface area (Å²) in [4.78, 5) is 45.3. The number of β-amino-alcohol motifs (C(OH)–C–C–N with tert-alkyl or cyclic N) is 1. The highest BCUT2D eigenvalue weighted by atomic mass is 16.5. The number of aliphatic hydroxyl groups excluding tert-OH is 1. The van der Waals surface area contributed by atoms with Gasteiger partial charge in [0.15, 0.2) is 5.78 Å². The minimum absolute atomic E-state index is 0.0333. The second-order valence-electron chi connectivity index (χ2n) is 11.5. The number of piperazine rings is 1. The number of Topliss-reactive ketones (excluding diaryl/α,β-unsaturated/α-hetero) is 1. The molecule has 3 aliphatic heterocycles. The van der Waals surface area contributed by atoms with E-state index in [1.807, 2.05) is 32.9 Å². The quantitative estimate of drug-likeness (QED) is 0.581. The summed E-state index contributed by atoms with van der Waals surface area (Å²) in [7, 11) is 0. The van der Waals surface area contributed by atoms with E-state index >= 15 is 0 Å². The molecular formula is C27H40N4O5. The van der Waals surface area contributed by atoms with Crippen LogP contribution in [0.4, 0.5) is 5.69 Å². The van der Waals surface area contributed by atoms with Crippen LogP contribution in [0.3, 0.4) is 0 Å². The molecule has 3 N–H and O–H groups in total. The molecular weight excluding hydrogens is 460 g/mol. The normalized spacial score (nSPS) is 25.8. The number of rotatable bonds is 7. The zero-order valence-corrected chi connectivity index (χ0v) is 21.9. The van der Waals surface area contributed by atoms with E-state index < -0.39 is 30.1 Å². The fourth-order valence-corrected chi connectivity index (χ4v) is 5.81. The van der Waals surface area contributed by atoms with Crippen molar-refractivity contribution in [1.29, 1.82) is 0 Å². The topological polar surface area (TPSA) is 116 Å². The van der Waals surface area contributed by atoms with E-state index in [9.17, 15) is 19.5 Å². The standard InChI is InChI=1S/C27H40N4O5/c1-5-8-29-9-11-30(12-10-29)17-6-7-18(25(28)34)19(13-17)20(14-27(2,3)4)26(35)31-15-21(32)24-23(31)22(33)16-36-24/h6-7,13,20-21,23-24,32H,5,8-12,14-16H2,1-4H3,(H2,28,34)/t20-,21-,23+,24+/m0/s1. The van der Waals surface area contributed by atoms with Crippen molar-refractivity contribution in [3.8, 4) is 0 Å². The number of carbonyl (C=O) groups excluding carboxylic acids is 3. The fraction of sp³-hybridized carbons (Fsp3) is 0.667. The molecule has 0 aromatic heterocycles. The van der Waals surface area contributed by atoms with Crippen molar-refractivity contribution < 1.29 is 24.2 Å². The number of nitrogens with two attached hydrogens (primary N) is 1. The number of anilines is 1. The molecule has 9 heteroatoms. The van der Waals surface area contributed by atoms with E-state index in [4.69, 9.17) is 10.5 Å². The summed E-state index contributed by atoms with van der Waals surface area (Å²) in [5, 5.41) is 10.5. The summed E-state index contributed by atoms with van der Waals surface area (Å²) in [6.07, 6.45) is -0.0341. The molecule has 0 spiro atoms. The molecule has 2 amide bonds. The summed E-state index contributed by atoms with van der Waals surface area (Å²) in [5.74, 6) is -1.75. The van der Waals surface area contributed by atoms with Gasteiger partial charge < -0.3 is 25.4 Å². The molecule has 36 heavy (non-hydrogen) atoms. The molecule has 0 saturated carbocycles. The molecule has 0 aliphatic carbocycles. The molecule has 1 aromatic carbocycles. The lowest BCUT2D eigenvalue weighted by molar-refractivity contribution is -0.138. The Morgan fingerprint density at radius 2 is 1.89 bits per heavy atom. The minimum atomic E-state index is -0.915. The molecule has 1 aromatic rings. The van der Waals surface area contributed by atoms with Crippen LogP contribution in [0, 0.1) is 5.41 Å². The number of ether oxygens (including phenoxy) is 1. The number of ketones is 1. The van der Waals surface area contributed by atoms with Crippen LogP contribution in [0.15, 0.2) is 18.2 Å². The highest BCUT2D eigenvalue weighted by Gasteiger charge is 2.53. The van der Waals surface area contributed by atoms with Crippen LogP contribution in [-0.4, -0.2) is 96.6 Å². The maximum atomic E-state index is 14.1. The number of carbonyl (C=O) groups is 3. The highest BCUT2D eigenvalue weighted by molar-refractivity contribution is 5.99. The zero-order chi connectivity index (χ0) is 26.2. The molecule has 0 radical (unpaired) electrons. The van der Waals surface area contributed by atoms with Crippen molar-refractivity contribution in [3.63, 3.8) is 0 Å². The van der Waals surface area contributed by atoms with Gasteiger partial charge in [-0.3, -0.25) is 19.3 Å². The van der Waals surface area contributed by atoms with Gasteiger partial charge in [0, 0.05) is 37.4 Å². The lowest BCUT2D eigenvalue weighted by Crippen LogP contribution is -2.46. The number of likely N-dealkylation sites (tertiary alicyclic amines) is 1. The van der Waals surface area contributed by atoms with Gasteiger partial charge in [-0.05, 0) is 48.6 Å². The van der Waals surface area contributed by atoms with Crippen molar-refractivity contribution in [3.05, 3.63) is 29.3 Å². The lowest BCUT2D eigenvalue weighted by Gasteiger charge is -2.37. The number of benzene rings is 1. The predicted octanol–water partition coefficient (Wildman–Crippen LogP) is 1.38. The fourth-order valence-electron chi connectivity index (χ4n) is 5.81. The van der Waals surface area contributed by atoms with Crippen LogP contribution < -0.4 is 10.6 Å². The van der Waals surface area contributed by atoms with Crippen LogP contribution in [0.5, 0.6) is 0 Å². The van der Waals surface area contributed by atoms with E-state index in [0.29, 0.717) is 17.5 Å². The van der Waals surface area contributed by atoms with Crippen LogP contribution in [-0.2, 0) is 14.3 Å². The highest BCUT2D eigenvalue weighted by Crippen LogP contribution is 2.39. The Morgan fingerprint density at radius 3 is 2.50 bits per heavy atom. The zero-order valence-electron chi connectivity index (χ0n) is 21.9. The summed E-state index contributed by atoms with van der Waals surface area (Å²) < 4.78 is 5.48. The van der Waals surface area contributed by atoms with Gasteiger partial charge >= 0.3 is 0 Å². The van der Waals surface area contributed by atoms with E-state index in [2.05, 4.69) is 16.7 Å². The number of hydrogen-bond donors (Lipinski definition) is 2. The number of primary amides is 1. The minimum Gasteiger partial charge on any atom is -0.388 e. The van der Waals surface area contributed by atoms with Gasteiger partial charge in [-0.1, -0.05) is 27.7 Å². The summed E-state index contributed by atoms with van der Waals surface area (Å²) in [6.45, 7) is 13.0. The van der Waals surface area contributed by atoms with Crippen LogP contribution in [0.1, 0.15) is 62.4 Å². The maximum Gasteiger partial charge on any atom is 0.249 e. The molecule has 4 rings (SSSR count). The first-order valence-electron chi connectivity index (χ1n) is 13.0. The Balaban J connectivity index is 1.69. The van der Waals surface area contributed by atoms with E-state index in [-0.39, 0.29) is 30.3 Å². The van der Waals surface area contributed by atoms with Gasteiger partial charge in [0.2, 0.25) is 11.8 Å². The summed E-state index contributed by atoms with van der Waals surface area (Å²) in [6, 6.07) is 4.77. The van der Waals surface area contributed by atoms with Crippen molar-refractivity contribution in [1.82, 2.24) is 9.80 Å². The van der Waals surface area contributed by atoms with Gasteiger partial charge in [0.05, 0.1) is 12.5 Å². The smallest absolute Gasteiger partial charge is 0.249 e. The second-order valence-corrected chi connectivity index (χ2v) is 11.5. The molecule has 0 bridgehead atoms. The first kappa shape index (κ1) is 26.6. The molecule has 198 valence electrons. The number of aliphatic hydroxyl groups is 1. The average molecular weight is 501 g/mol. The van der Waals surface area contributed by atoms with Crippen molar-refractivity contribution >= 4 is 23.3 Å². The average Bonchev–Trinajstić information content (AvgIpc) is 3.37. The Hall–Kier alpha value is -2.49. The maximum absolute atomic E-state index is 14.1. The van der Waals surface area contributed by atoms with E-state index in [1.165, 1.54) is 4.90 Å². The SMILES string of the molecule is CCCN1CCN(c2ccc(C(N)=O)c([C@H](CC(C)(C)C)C(=O)N3C[C@H](O)[C@H]4OCC(=O)[C@H]43)c2)CC1. The van der Waals surface area contributed by atoms with Gasteiger partial charge in [-0.25, -0.2) is 0 Å². The van der Waals surface area contributed by atoms with E-state index in [1.54, 1.807) is 6.07 Å². The monoisotopic (exact) mass is 500 g/mol. The molecule has 4 atom stereocenters. The van der Waals surface area contributed by atoms with Gasteiger partial charge in [-0.15, -0.1) is 0 Å². The second kappa shape index (κ2) is 10.5. The first-order chi connectivity index (χ1) is 17.0. The third kappa shape index (κ3) is 5.43. The van der Waals surface area contributed by atoms with E-state index in [0.717, 1.165) is 44.8 Å². The van der Waals surface area contributed by atoms with Gasteiger partial charge in [-0.2, -0.15) is 0 Å². The van der Waals surface area contributed by atoms with Crippen LogP contribution in [0.2, 0.25) is 0 Å². The van der Waals surface area contributed by atoms with Crippen molar-refractivity contribution in [2.75, 3.05) is 50.8 Å². The Morgan fingerprint density at radius 1 is 1.19 bits per heavy atom. The number of fused-ring (bicyclic) bond motifs is 1. The summed E-state index contributed by atoms with van der Waals surface area (Å²) in [5.41, 5.74) is 7.39. The third-order valence-electron chi connectivity index (χ3n) is 7.51. The number of amides is 2. The molecule has 3 heterocycles. The van der Waals surface area contributed by atoms with Crippen molar-refractivity contribution in [2.24, 2.45) is 11.1 Å². The lowest BCUT2D eigenvalue weighted by atomic mass is 9.79. The number of nitrogens with zero attached hydrogens (tertiary/aromatic N) is 3. The number of hydrogen-bond acceptors (Lipinski definition) is 7. The Kier molecular flexibility index (Phi) is 7.73. The largest absolute Gasteiger partial charge is 0.388 e. The molecule has 0 unspecified atom stereocenters. The molecule has 3 saturated heterocycles. The Bertz CT molecular complexity index is 998. The van der Waals surface area contributed by atoms with Crippen molar-refractivity contribution in [2.45, 2.75) is 64.7 Å².